The van der Waals surface area contributed by atoms with Gasteiger partial charge in [-0.1, -0.05) is 12.1 Å². The average Bonchev–Trinajstić information content (AvgIpc) is 3.08. The van der Waals surface area contributed by atoms with Crippen LogP contribution in [0.5, 0.6) is 5.75 Å². The summed E-state index contributed by atoms with van der Waals surface area (Å²) in [6, 6.07) is 5.92. The summed E-state index contributed by atoms with van der Waals surface area (Å²) in [5.74, 6) is 1.34. The van der Waals surface area contributed by atoms with Crippen molar-refractivity contribution in [3.8, 4) is 5.75 Å². The van der Waals surface area contributed by atoms with Gasteiger partial charge in [-0.05, 0) is 18.6 Å². The van der Waals surface area contributed by atoms with Crippen LogP contribution in [0, 0.1) is 6.92 Å². The van der Waals surface area contributed by atoms with Gasteiger partial charge in [0, 0.05) is 37.5 Å². The molecule has 0 bridgehead atoms. The van der Waals surface area contributed by atoms with E-state index >= 15 is 0 Å². The van der Waals surface area contributed by atoms with Crippen LogP contribution in [-0.2, 0) is 19.1 Å². The first-order valence-electron chi connectivity index (χ1n) is 7.93. The van der Waals surface area contributed by atoms with Gasteiger partial charge in [0.1, 0.15) is 5.75 Å². The number of hydrogen-bond donors (Lipinski definition) is 2. The van der Waals surface area contributed by atoms with Crippen molar-refractivity contribution in [1.29, 1.82) is 0 Å². The molecule has 9 heteroatoms. The van der Waals surface area contributed by atoms with E-state index in [4.69, 9.17) is 4.74 Å². The number of aliphatic imine (C=N–C) groups is 1. The zero-order valence-corrected chi connectivity index (χ0v) is 15.6. The second-order valence-electron chi connectivity index (χ2n) is 5.54. The highest BCUT2D eigenvalue weighted by atomic mass is 32.1. The molecule has 0 saturated carbocycles. The smallest absolute Gasteiger partial charge is 0.434 e. The number of ether oxygens (including phenoxy) is 1. The minimum absolute atomic E-state index is 0.384. The summed E-state index contributed by atoms with van der Waals surface area (Å²) >= 11 is 1.00. The van der Waals surface area contributed by atoms with Gasteiger partial charge in [-0.25, -0.2) is 4.98 Å². The fourth-order valence-corrected chi connectivity index (χ4v) is 3.05. The van der Waals surface area contributed by atoms with Gasteiger partial charge in [0.25, 0.3) is 0 Å². The highest BCUT2D eigenvalue weighted by Gasteiger charge is 2.33. The molecule has 0 unspecified atom stereocenters. The molecule has 142 valence electrons. The first kappa shape index (κ1) is 20.0. The van der Waals surface area contributed by atoms with E-state index < -0.39 is 11.9 Å². The van der Waals surface area contributed by atoms with E-state index in [2.05, 4.69) is 20.6 Å². The quantitative estimate of drug-likeness (QED) is 0.590. The molecule has 26 heavy (non-hydrogen) atoms. The molecule has 0 atom stereocenters. The molecule has 0 aliphatic heterocycles. The zero-order valence-electron chi connectivity index (χ0n) is 14.8. The third-order valence-electron chi connectivity index (χ3n) is 3.59. The second kappa shape index (κ2) is 8.88. The summed E-state index contributed by atoms with van der Waals surface area (Å²) in [5.41, 5.74) is 1.25. The standard InChI is InChI=1S/C17H21F3N4OS/c1-11-4-5-12(13(8-11)25-3)9-23-16(21-2)22-7-6-15-24-14(10-26-15)17(18,19)20/h4-5,8,10H,6-7,9H2,1-3H3,(H2,21,22,23). The topological polar surface area (TPSA) is 58.5 Å². The monoisotopic (exact) mass is 386 g/mol. The lowest BCUT2D eigenvalue weighted by Crippen LogP contribution is -2.37. The molecule has 0 amide bonds. The van der Waals surface area contributed by atoms with Crippen molar-refractivity contribution >= 4 is 17.3 Å². The Kier molecular flexibility index (Phi) is 6.84. The predicted octanol–water partition coefficient (Wildman–Crippen LogP) is 3.39. The Morgan fingerprint density at radius 2 is 2.08 bits per heavy atom. The number of alkyl halides is 3. The summed E-state index contributed by atoms with van der Waals surface area (Å²) in [5, 5.41) is 7.69. The van der Waals surface area contributed by atoms with Gasteiger partial charge < -0.3 is 15.4 Å². The van der Waals surface area contributed by atoms with E-state index in [-0.39, 0.29) is 0 Å². The number of nitrogens with one attached hydrogen (secondary N) is 2. The molecule has 0 spiro atoms. The molecule has 0 radical (unpaired) electrons. The van der Waals surface area contributed by atoms with Crippen LogP contribution in [0.3, 0.4) is 0 Å². The normalized spacial score (nSPS) is 12.2. The average molecular weight is 386 g/mol. The Labute approximate surface area is 154 Å². The Balaban J connectivity index is 1.84. The Hall–Kier alpha value is -2.29. The number of thiazole rings is 1. The first-order valence-corrected chi connectivity index (χ1v) is 8.81. The maximum absolute atomic E-state index is 12.5. The fourth-order valence-electron chi connectivity index (χ4n) is 2.24. The Morgan fingerprint density at radius 3 is 2.69 bits per heavy atom. The third-order valence-corrected chi connectivity index (χ3v) is 4.49. The lowest BCUT2D eigenvalue weighted by Gasteiger charge is -2.14. The maximum atomic E-state index is 12.5. The number of nitrogens with zero attached hydrogens (tertiary/aromatic N) is 2. The van der Waals surface area contributed by atoms with Crippen LogP contribution < -0.4 is 15.4 Å². The number of aryl methyl sites for hydroxylation is 1. The Morgan fingerprint density at radius 1 is 1.31 bits per heavy atom. The van der Waals surface area contributed by atoms with E-state index in [1.165, 1.54) is 0 Å². The first-order chi connectivity index (χ1) is 12.3. The van der Waals surface area contributed by atoms with E-state index in [0.29, 0.717) is 30.5 Å². The van der Waals surface area contributed by atoms with Crippen LogP contribution in [0.25, 0.3) is 0 Å². The molecule has 5 nitrogen and oxygen atoms in total. The number of aromatic nitrogens is 1. The lowest BCUT2D eigenvalue weighted by atomic mass is 10.1. The van der Waals surface area contributed by atoms with Crippen LogP contribution in [0.2, 0.25) is 0 Å². The summed E-state index contributed by atoms with van der Waals surface area (Å²) < 4.78 is 43.0. The summed E-state index contributed by atoms with van der Waals surface area (Å²) in [7, 11) is 3.25. The van der Waals surface area contributed by atoms with Crippen LogP contribution >= 0.6 is 11.3 Å². The predicted molar refractivity (Wildman–Crippen MR) is 96.8 cm³/mol. The number of guanidine groups is 1. The minimum Gasteiger partial charge on any atom is -0.496 e. The molecular weight excluding hydrogens is 365 g/mol. The number of methoxy groups -OCH3 is 1. The fraction of sp³-hybridized carbons (Fsp3) is 0.412. The third kappa shape index (κ3) is 5.62. The summed E-state index contributed by atoms with van der Waals surface area (Å²) in [6.45, 7) is 2.93. The molecule has 2 rings (SSSR count). The second-order valence-corrected chi connectivity index (χ2v) is 6.48. The molecule has 2 N–H and O–H groups in total. The van der Waals surface area contributed by atoms with Crippen molar-refractivity contribution in [2.24, 2.45) is 4.99 Å². The molecule has 1 heterocycles. The highest BCUT2D eigenvalue weighted by Crippen LogP contribution is 2.30. The van der Waals surface area contributed by atoms with Crippen molar-refractivity contribution in [3.05, 3.63) is 45.4 Å². The van der Waals surface area contributed by atoms with Crippen molar-refractivity contribution < 1.29 is 17.9 Å². The molecular formula is C17H21F3N4OS. The molecule has 0 fully saturated rings. The van der Waals surface area contributed by atoms with Gasteiger partial charge in [0.2, 0.25) is 0 Å². The molecule has 0 aliphatic carbocycles. The molecule has 1 aromatic carbocycles. The van der Waals surface area contributed by atoms with E-state index in [1.54, 1.807) is 14.2 Å². The molecule has 1 aromatic heterocycles. The van der Waals surface area contributed by atoms with Crippen molar-refractivity contribution in [1.82, 2.24) is 15.6 Å². The van der Waals surface area contributed by atoms with E-state index in [9.17, 15) is 13.2 Å². The largest absolute Gasteiger partial charge is 0.496 e. The van der Waals surface area contributed by atoms with E-state index in [0.717, 1.165) is 33.6 Å². The van der Waals surface area contributed by atoms with Gasteiger partial charge in [-0.3, -0.25) is 4.99 Å². The lowest BCUT2D eigenvalue weighted by molar-refractivity contribution is -0.140. The summed E-state index contributed by atoms with van der Waals surface area (Å²) in [6.07, 6.45) is -4.01. The Bertz CT molecular complexity index is 759. The van der Waals surface area contributed by atoms with Crippen molar-refractivity contribution in [2.75, 3.05) is 20.7 Å². The van der Waals surface area contributed by atoms with Gasteiger partial charge >= 0.3 is 6.18 Å². The van der Waals surface area contributed by atoms with E-state index in [1.807, 2.05) is 25.1 Å². The highest BCUT2D eigenvalue weighted by molar-refractivity contribution is 7.09. The molecule has 2 aromatic rings. The van der Waals surface area contributed by atoms with Gasteiger partial charge in [-0.15, -0.1) is 11.3 Å². The zero-order chi connectivity index (χ0) is 19.2. The number of hydrogen-bond acceptors (Lipinski definition) is 4. The van der Waals surface area contributed by atoms with Gasteiger partial charge in [0.15, 0.2) is 11.7 Å². The van der Waals surface area contributed by atoms with Crippen LogP contribution in [0.4, 0.5) is 13.2 Å². The molecule has 0 saturated heterocycles. The van der Waals surface area contributed by atoms with Gasteiger partial charge in [0.05, 0.1) is 12.1 Å². The van der Waals surface area contributed by atoms with Gasteiger partial charge in [-0.2, -0.15) is 13.2 Å². The number of rotatable bonds is 6. The summed E-state index contributed by atoms with van der Waals surface area (Å²) in [4.78, 5) is 7.71. The SMILES string of the molecule is CN=C(NCCc1nc(C(F)(F)F)cs1)NCc1ccc(C)cc1OC. The van der Waals surface area contributed by atoms with Crippen LogP contribution in [-0.4, -0.2) is 31.6 Å². The number of benzene rings is 1. The minimum atomic E-state index is -4.40. The number of halogens is 3. The van der Waals surface area contributed by atoms with Crippen LogP contribution in [0.1, 0.15) is 21.8 Å². The van der Waals surface area contributed by atoms with Crippen molar-refractivity contribution in [2.45, 2.75) is 26.1 Å². The maximum Gasteiger partial charge on any atom is 0.434 e. The van der Waals surface area contributed by atoms with Crippen LogP contribution in [0.15, 0.2) is 28.6 Å². The van der Waals surface area contributed by atoms with Crippen molar-refractivity contribution in [3.63, 3.8) is 0 Å². The molecule has 0 aliphatic rings.